The van der Waals surface area contributed by atoms with Crippen LogP contribution in [0.25, 0.3) is 0 Å². The summed E-state index contributed by atoms with van der Waals surface area (Å²) in [7, 11) is -3.14. The van der Waals surface area contributed by atoms with Gasteiger partial charge >= 0.3 is 0 Å². The highest BCUT2D eigenvalue weighted by Crippen LogP contribution is 1.99. The standard InChI is InChI=1S/C10H24N2O2S2/c1-4-6-11-9-10(2)16(13,14)12-7-5-8-15-3/h10-12H,4-9H2,1-3H3. The van der Waals surface area contributed by atoms with Gasteiger partial charge in [-0.15, -0.1) is 0 Å². The van der Waals surface area contributed by atoms with Gasteiger partial charge in [-0.1, -0.05) is 6.92 Å². The molecule has 4 nitrogen and oxygen atoms in total. The summed E-state index contributed by atoms with van der Waals surface area (Å²) in [6.07, 6.45) is 3.93. The average molecular weight is 268 g/mol. The molecule has 0 aliphatic heterocycles. The van der Waals surface area contributed by atoms with Crippen LogP contribution in [0.3, 0.4) is 0 Å². The van der Waals surface area contributed by atoms with Crippen molar-refractivity contribution in [2.75, 3.05) is 31.6 Å². The van der Waals surface area contributed by atoms with Crippen molar-refractivity contribution in [2.45, 2.75) is 31.9 Å². The Morgan fingerprint density at radius 1 is 1.31 bits per heavy atom. The van der Waals surface area contributed by atoms with Crippen LogP contribution in [0.1, 0.15) is 26.7 Å². The molecule has 0 aromatic carbocycles. The number of nitrogens with one attached hydrogen (secondary N) is 2. The number of sulfonamides is 1. The molecule has 1 unspecified atom stereocenters. The van der Waals surface area contributed by atoms with Gasteiger partial charge in [0.05, 0.1) is 5.25 Å². The van der Waals surface area contributed by atoms with E-state index in [4.69, 9.17) is 0 Å². The van der Waals surface area contributed by atoms with E-state index in [1.54, 1.807) is 18.7 Å². The van der Waals surface area contributed by atoms with E-state index in [2.05, 4.69) is 17.0 Å². The lowest BCUT2D eigenvalue weighted by molar-refractivity contribution is 0.557. The van der Waals surface area contributed by atoms with Crippen LogP contribution < -0.4 is 10.0 Å². The van der Waals surface area contributed by atoms with Crippen molar-refractivity contribution < 1.29 is 8.42 Å². The molecule has 0 aliphatic rings. The molecule has 6 heteroatoms. The zero-order valence-electron chi connectivity index (χ0n) is 10.5. The van der Waals surface area contributed by atoms with Gasteiger partial charge in [-0.2, -0.15) is 11.8 Å². The minimum Gasteiger partial charge on any atom is -0.315 e. The van der Waals surface area contributed by atoms with Crippen LogP contribution in [0.4, 0.5) is 0 Å². The largest absolute Gasteiger partial charge is 0.315 e. The van der Waals surface area contributed by atoms with E-state index in [0.29, 0.717) is 13.1 Å². The van der Waals surface area contributed by atoms with Gasteiger partial charge in [0.15, 0.2) is 0 Å². The van der Waals surface area contributed by atoms with Crippen molar-refractivity contribution in [1.29, 1.82) is 0 Å². The van der Waals surface area contributed by atoms with E-state index < -0.39 is 10.0 Å². The third-order valence-corrected chi connectivity index (χ3v) is 4.75. The Hall–Kier alpha value is 0.220. The predicted octanol–water partition coefficient (Wildman–Crippen LogP) is 1.05. The van der Waals surface area contributed by atoms with Crippen molar-refractivity contribution in [3.05, 3.63) is 0 Å². The van der Waals surface area contributed by atoms with E-state index in [1.165, 1.54) is 0 Å². The molecule has 0 aromatic rings. The van der Waals surface area contributed by atoms with Crippen LogP contribution in [0, 0.1) is 0 Å². The second-order valence-corrected chi connectivity index (χ2v) is 6.97. The molecule has 16 heavy (non-hydrogen) atoms. The van der Waals surface area contributed by atoms with Crippen LogP contribution in [-0.4, -0.2) is 45.3 Å². The summed E-state index contributed by atoms with van der Waals surface area (Å²) in [6.45, 7) is 5.73. The minimum absolute atomic E-state index is 0.367. The Kier molecular flexibility index (Phi) is 9.40. The van der Waals surface area contributed by atoms with Gasteiger partial charge in [0.25, 0.3) is 0 Å². The fourth-order valence-corrected chi connectivity index (χ4v) is 2.65. The number of thioether (sulfide) groups is 1. The van der Waals surface area contributed by atoms with Gasteiger partial charge in [0, 0.05) is 13.1 Å². The van der Waals surface area contributed by atoms with Gasteiger partial charge in [-0.05, 0) is 38.3 Å². The molecule has 0 saturated heterocycles. The SMILES string of the molecule is CCCNCC(C)S(=O)(=O)NCCCSC. The summed E-state index contributed by atoms with van der Waals surface area (Å²) in [5, 5.41) is 2.75. The maximum absolute atomic E-state index is 11.7. The smallest absolute Gasteiger partial charge is 0.215 e. The Morgan fingerprint density at radius 2 is 2.00 bits per heavy atom. The molecule has 0 aromatic heterocycles. The number of rotatable bonds is 10. The van der Waals surface area contributed by atoms with E-state index in [0.717, 1.165) is 25.1 Å². The van der Waals surface area contributed by atoms with E-state index >= 15 is 0 Å². The summed E-state index contributed by atoms with van der Waals surface area (Å²) in [5.41, 5.74) is 0. The van der Waals surface area contributed by atoms with E-state index in [-0.39, 0.29) is 5.25 Å². The first kappa shape index (κ1) is 16.2. The molecular formula is C10H24N2O2S2. The van der Waals surface area contributed by atoms with Crippen LogP contribution in [0.2, 0.25) is 0 Å². The van der Waals surface area contributed by atoms with Crippen molar-refractivity contribution in [2.24, 2.45) is 0 Å². The third-order valence-electron chi connectivity index (χ3n) is 2.22. The monoisotopic (exact) mass is 268 g/mol. The molecule has 0 rings (SSSR count). The Labute approximate surface area is 104 Å². The molecule has 0 spiro atoms. The summed E-state index contributed by atoms with van der Waals surface area (Å²) >= 11 is 1.73. The summed E-state index contributed by atoms with van der Waals surface area (Å²) in [5.74, 6) is 0.991. The molecule has 1 atom stereocenters. The summed E-state index contributed by atoms with van der Waals surface area (Å²) < 4.78 is 26.1. The highest BCUT2D eigenvalue weighted by Gasteiger charge is 2.18. The molecule has 0 heterocycles. The van der Waals surface area contributed by atoms with Crippen LogP contribution in [-0.2, 0) is 10.0 Å². The molecule has 0 bridgehead atoms. The van der Waals surface area contributed by atoms with Crippen molar-refractivity contribution in [3.8, 4) is 0 Å². The quantitative estimate of drug-likeness (QED) is 0.581. The zero-order valence-corrected chi connectivity index (χ0v) is 12.1. The topological polar surface area (TPSA) is 58.2 Å². The molecule has 0 saturated carbocycles. The van der Waals surface area contributed by atoms with Crippen molar-refractivity contribution in [3.63, 3.8) is 0 Å². The molecule has 0 radical (unpaired) electrons. The Balaban J connectivity index is 3.82. The second kappa shape index (κ2) is 9.27. The second-order valence-electron chi connectivity index (χ2n) is 3.80. The highest BCUT2D eigenvalue weighted by molar-refractivity contribution is 7.98. The van der Waals surface area contributed by atoms with Gasteiger partial charge in [-0.3, -0.25) is 0 Å². The van der Waals surface area contributed by atoms with Gasteiger partial charge in [-0.25, -0.2) is 13.1 Å². The van der Waals surface area contributed by atoms with Crippen LogP contribution >= 0.6 is 11.8 Å². The Morgan fingerprint density at radius 3 is 2.56 bits per heavy atom. The maximum Gasteiger partial charge on any atom is 0.215 e. The molecule has 0 fully saturated rings. The van der Waals surface area contributed by atoms with Crippen molar-refractivity contribution >= 4 is 21.8 Å². The lowest BCUT2D eigenvalue weighted by Gasteiger charge is -2.14. The molecule has 0 aliphatic carbocycles. The summed E-state index contributed by atoms with van der Waals surface area (Å²) in [4.78, 5) is 0. The first-order chi connectivity index (χ1) is 7.54. The Bertz CT molecular complexity index is 256. The van der Waals surface area contributed by atoms with E-state index in [9.17, 15) is 8.42 Å². The fourth-order valence-electron chi connectivity index (χ4n) is 1.17. The maximum atomic E-state index is 11.7. The normalized spacial score (nSPS) is 13.9. The lowest BCUT2D eigenvalue weighted by atomic mass is 10.4. The molecule has 98 valence electrons. The highest BCUT2D eigenvalue weighted by atomic mass is 32.2. The first-order valence-corrected chi connectivity index (χ1v) is 8.66. The van der Waals surface area contributed by atoms with Gasteiger partial charge in [0.2, 0.25) is 10.0 Å². The number of hydrogen-bond donors (Lipinski definition) is 2. The summed E-state index contributed by atoms with van der Waals surface area (Å²) in [6, 6.07) is 0. The fraction of sp³-hybridized carbons (Fsp3) is 1.00. The third kappa shape index (κ3) is 7.49. The molecular weight excluding hydrogens is 244 g/mol. The predicted molar refractivity (Wildman–Crippen MR) is 72.5 cm³/mol. The minimum atomic E-state index is -3.14. The van der Waals surface area contributed by atoms with Crippen LogP contribution in [0.5, 0.6) is 0 Å². The number of hydrogen-bond acceptors (Lipinski definition) is 4. The van der Waals surface area contributed by atoms with Crippen LogP contribution in [0.15, 0.2) is 0 Å². The molecule has 2 N–H and O–H groups in total. The molecule has 0 amide bonds. The van der Waals surface area contributed by atoms with Gasteiger partial charge < -0.3 is 5.32 Å². The van der Waals surface area contributed by atoms with E-state index in [1.807, 2.05) is 6.26 Å². The lowest BCUT2D eigenvalue weighted by Crippen LogP contribution is -2.39. The zero-order chi connectivity index (χ0) is 12.4. The first-order valence-electron chi connectivity index (χ1n) is 5.72. The average Bonchev–Trinajstić information content (AvgIpc) is 2.24. The van der Waals surface area contributed by atoms with Crippen molar-refractivity contribution in [1.82, 2.24) is 10.0 Å². The van der Waals surface area contributed by atoms with Gasteiger partial charge in [0.1, 0.15) is 0 Å².